The number of benzene rings is 1. The number of hydrogen-bond acceptors (Lipinski definition) is 4. The highest BCUT2D eigenvalue weighted by Crippen LogP contribution is 2.18. The van der Waals surface area contributed by atoms with Crippen LogP contribution in [0.3, 0.4) is 0 Å². The van der Waals surface area contributed by atoms with Crippen molar-refractivity contribution in [3.05, 3.63) is 24.0 Å². The fourth-order valence-corrected chi connectivity index (χ4v) is 2.25. The molecule has 0 aliphatic rings. The van der Waals surface area contributed by atoms with Crippen molar-refractivity contribution < 1.29 is 12.8 Å². The Morgan fingerprint density at radius 3 is 2.76 bits per heavy atom. The second kappa shape index (κ2) is 5.83. The van der Waals surface area contributed by atoms with Crippen LogP contribution in [0.15, 0.2) is 18.2 Å². The van der Waals surface area contributed by atoms with Crippen molar-refractivity contribution in [1.29, 1.82) is 0 Å². The number of nitrogens with one attached hydrogen (secondary N) is 2. The van der Waals surface area contributed by atoms with Crippen LogP contribution in [-0.4, -0.2) is 27.3 Å². The van der Waals surface area contributed by atoms with E-state index in [9.17, 15) is 12.8 Å². The molecule has 0 saturated heterocycles. The van der Waals surface area contributed by atoms with Crippen molar-refractivity contribution in [1.82, 2.24) is 4.72 Å². The summed E-state index contributed by atoms with van der Waals surface area (Å²) in [5.41, 5.74) is 6.39. The van der Waals surface area contributed by atoms with Gasteiger partial charge < -0.3 is 11.1 Å². The lowest BCUT2D eigenvalue weighted by atomic mass is 10.2. The van der Waals surface area contributed by atoms with Gasteiger partial charge in [0.15, 0.2) is 0 Å². The Balaban J connectivity index is 2.54. The zero-order valence-corrected chi connectivity index (χ0v) is 10.3. The summed E-state index contributed by atoms with van der Waals surface area (Å²) < 4.78 is 37.9. The van der Waals surface area contributed by atoms with Gasteiger partial charge in [0, 0.05) is 13.1 Å². The van der Waals surface area contributed by atoms with Crippen LogP contribution in [-0.2, 0) is 10.0 Å². The summed E-state index contributed by atoms with van der Waals surface area (Å²) in [6.07, 6.45) is 0. The van der Waals surface area contributed by atoms with Crippen molar-refractivity contribution >= 4 is 21.4 Å². The van der Waals surface area contributed by atoms with Crippen LogP contribution in [0.4, 0.5) is 15.8 Å². The van der Waals surface area contributed by atoms with E-state index in [1.165, 1.54) is 18.2 Å². The topological polar surface area (TPSA) is 84.2 Å². The van der Waals surface area contributed by atoms with Crippen LogP contribution in [0.25, 0.3) is 0 Å². The number of halogens is 1. The first-order valence-electron chi connectivity index (χ1n) is 5.21. The van der Waals surface area contributed by atoms with Crippen molar-refractivity contribution in [3.8, 4) is 0 Å². The molecule has 17 heavy (non-hydrogen) atoms. The molecule has 0 unspecified atom stereocenters. The molecule has 1 rings (SSSR count). The summed E-state index contributed by atoms with van der Waals surface area (Å²) in [6.45, 7) is 2.23. The first-order chi connectivity index (χ1) is 7.94. The molecule has 0 fully saturated rings. The number of rotatable bonds is 6. The van der Waals surface area contributed by atoms with Gasteiger partial charge in [0.2, 0.25) is 10.0 Å². The minimum atomic E-state index is -3.27. The Hall–Kier alpha value is -1.34. The average molecular weight is 261 g/mol. The van der Waals surface area contributed by atoms with Gasteiger partial charge in [-0.2, -0.15) is 0 Å². The molecular formula is C10H16FN3O2S. The Kier molecular flexibility index (Phi) is 4.71. The van der Waals surface area contributed by atoms with Crippen LogP contribution in [0.5, 0.6) is 0 Å². The molecular weight excluding hydrogens is 245 g/mol. The van der Waals surface area contributed by atoms with Gasteiger partial charge in [0.1, 0.15) is 5.82 Å². The number of sulfonamides is 1. The van der Waals surface area contributed by atoms with Crippen molar-refractivity contribution in [3.63, 3.8) is 0 Å². The molecule has 0 heterocycles. The second-order valence-electron chi connectivity index (χ2n) is 3.48. The maximum atomic E-state index is 12.9. The van der Waals surface area contributed by atoms with Crippen LogP contribution < -0.4 is 15.8 Å². The van der Waals surface area contributed by atoms with Crippen LogP contribution in [0, 0.1) is 5.82 Å². The summed E-state index contributed by atoms with van der Waals surface area (Å²) in [5.74, 6) is -0.507. The lowest BCUT2D eigenvalue weighted by Gasteiger charge is -2.09. The SMILES string of the molecule is CCNS(=O)(=O)CCNc1cc(F)ccc1N. The third-order valence-corrected chi connectivity index (χ3v) is 3.54. The number of hydrogen-bond donors (Lipinski definition) is 3. The fraction of sp³-hybridized carbons (Fsp3) is 0.400. The highest BCUT2D eigenvalue weighted by molar-refractivity contribution is 7.89. The summed E-state index contributed by atoms with van der Waals surface area (Å²) in [6, 6.07) is 3.90. The first kappa shape index (κ1) is 13.7. The average Bonchev–Trinajstić information content (AvgIpc) is 2.23. The van der Waals surface area contributed by atoms with Gasteiger partial charge in [-0.3, -0.25) is 0 Å². The highest BCUT2D eigenvalue weighted by Gasteiger charge is 2.08. The Labute approximate surface area is 100 Å². The molecule has 7 heteroatoms. The van der Waals surface area contributed by atoms with E-state index < -0.39 is 15.8 Å². The van der Waals surface area contributed by atoms with Gasteiger partial charge in [-0.1, -0.05) is 6.92 Å². The third-order valence-electron chi connectivity index (χ3n) is 2.07. The van der Waals surface area contributed by atoms with Crippen molar-refractivity contribution in [2.45, 2.75) is 6.92 Å². The number of anilines is 2. The molecule has 0 amide bonds. The maximum absolute atomic E-state index is 12.9. The van der Waals surface area contributed by atoms with Gasteiger partial charge in [-0.25, -0.2) is 17.5 Å². The van der Waals surface area contributed by atoms with E-state index >= 15 is 0 Å². The lowest BCUT2D eigenvalue weighted by molar-refractivity contribution is 0.584. The molecule has 0 radical (unpaired) electrons. The molecule has 0 saturated carbocycles. The molecule has 4 N–H and O–H groups in total. The predicted octanol–water partition coefficient (Wildman–Crippen LogP) is 0.759. The van der Waals surface area contributed by atoms with Gasteiger partial charge >= 0.3 is 0 Å². The van der Waals surface area contributed by atoms with Gasteiger partial charge in [-0.05, 0) is 18.2 Å². The van der Waals surface area contributed by atoms with Gasteiger partial charge in [0.25, 0.3) is 0 Å². The highest BCUT2D eigenvalue weighted by atomic mass is 32.2. The summed E-state index contributed by atoms with van der Waals surface area (Å²) in [4.78, 5) is 0. The molecule has 0 bridgehead atoms. The molecule has 0 aliphatic heterocycles. The molecule has 0 atom stereocenters. The molecule has 5 nitrogen and oxygen atoms in total. The van der Waals surface area contributed by atoms with Gasteiger partial charge in [0.05, 0.1) is 17.1 Å². The number of nitrogens with two attached hydrogens (primary N) is 1. The van der Waals surface area contributed by atoms with E-state index in [0.717, 1.165) is 0 Å². The van der Waals surface area contributed by atoms with Gasteiger partial charge in [-0.15, -0.1) is 0 Å². The fourth-order valence-electron chi connectivity index (χ4n) is 1.29. The summed E-state index contributed by atoms with van der Waals surface area (Å²) >= 11 is 0. The standard InChI is InChI=1S/C10H16FN3O2S/c1-2-14-17(15,16)6-5-13-10-7-8(11)3-4-9(10)12/h3-4,7,13-14H,2,5-6,12H2,1H3. The molecule has 1 aromatic carbocycles. The minimum absolute atomic E-state index is 0.0865. The van der Waals surface area contributed by atoms with Crippen LogP contribution in [0.2, 0.25) is 0 Å². The zero-order valence-electron chi connectivity index (χ0n) is 9.53. The van der Waals surface area contributed by atoms with E-state index in [2.05, 4.69) is 10.0 Å². The number of nitrogen functional groups attached to an aromatic ring is 1. The van der Waals surface area contributed by atoms with E-state index in [4.69, 9.17) is 5.73 Å². The monoisotopic (exact) mass is 261 g/mol. The third kappa shape index (κ3) is 4.58. The first-order valence-corrected chi connectivity index (χ1v) is 6.86. The maximum Gasteiger partial charge on any atom is 0.213 e. The molecule has 0 aliphatic carbocycles. The molecule has 1 aromatic rings. The summed E-state index contributed by atoms with van der Waals surface area (Å²) in [7, 11) is -3.27. The van der Waals surface area contributed by atoms with Crippen molar-refractivity contribution in [2.24, 2.45) is 0 Å². The molecule has 96 valence electrons. The van der Waals surface area contributed by atoms with E-state index in [1.54, 1.807) is 6.92 Å². The van der Waals surface area contributed by atoms with Crippen LogP contribution >= 0.6 is 0 Å². The van der Waals surface area contributed by atoms with E-state index in [1.807, 2.05) is 0 Å². The van der Waals surface area contributed by atoms with E-state index in [0.29, 0.717) is 17.9 Å². The molecule has 0 aromatic heterocycles. The smallest absolute Gasteiger partial charge is 0.213 e. The Morgan fingerprint density at radius 2 is 2.12 bits per heavy atom. The van der Waals surface area contributed by atoms with Crippen LogP contribution in [0.1, 0.15) is 6.92 Å². The Morgan fingerprint density at radius 1 is 1.41 bits per heavy atom. The predicted molar refractivity (Wildman–Crippen MR) is 66.8 cm³/mol. The minimum Gasteiger partial charge on any atom is -0.397 e. The normalized spacial score (nSPS) is 11.4. The molecule has 0 spiro atoms. The largest absolute Gasteiger partial charge is 0.397 e. The quantitative estimate of drug-likeness (QED) is 0.660. The summed E-state index contributed by atoms with van der Waals surface area (Å²) in [5, 5.41) is 2.78. The zero-order chi connectivity index (χ0) is 12.9. The van der Waals surface area contributed by atoms with Crippen molar-refractivity contribution in [2.75, 3.05) is 29.9 Å². The van der Waals surface area contributed by atoms with E-state index in [-0.39, 0.29) is 12.3 Å². The second-order valence-corrected chi connectivity index (χ2v) is 5.40. The Bertz CT molecular complexity index is 476. The lowest BCUT2D eigenvalue weighted by Crippen LogP contribution is -2.29.